The van der Waals surface area contributed by atoms with Gasteiger partial charge < -0.3 is 18.9 Å². The van der Waals surface area contributed by atoms with E-state index < -0.39 is 23.9 Å². The Kier molecular flexibility index (Phi) is 9.64. The topological polar surface area (TPSA) is 131 Å². The number of fused-ring (bicyclic) bond motifs is 3. The third-order valence-corrected chi connectivity index (χ3v) is 5.13. The maximum atomic E-state index is 12.4. The molecule has 0 bridgehead atoms. The smallest absolute Gasteiger partial charge is 0.345 e. The SMILES string of the molecule is CCOC(=O)C(=Cc1ccc2ccc3ccc(C=C(C(=O)OCC)C(=O)OCC)nc3c2n1)C(=O)OCC. The van der Waals surface area contributed by atoms with E-state index in [0.717, 1.165) is 10.8 Å². The van der Waals surface area contributed by atoms with Gasteiger partial charge in [0.1, 0.15) is 11.1 Å². The van der Waals surface area contributed by atoms with Crippen LogP contribution in [0.4, 0.5) is 0 Å². The van der Waals surface area contributed by atoms with E-state index in [0.29, 0.717) is 22.4 Å². The molecule has 0 spiro atoms. The van der Waals surface area contributed by atoms with E-state index in [1.807, 2.05) is 12.1 Å². The molecule has 0 amide bonds. The lowest BCUT2D eigenvalue weighted by molar-refractivity contribution is -0.148. The van der Waals surface area contributed by atoms with Crippen LogP contribution >= 0.6 is 0 Å². The van der Waals surface area contributed by atoms with Crippen molar-refractivity contribution in [1.29, 1.82) is 0 Å². The van der Waals surface area contributed by atoms with E-state index in [-0.39, 0.29) is 37.6 Å². The van der Waals surface area contributed by atoms with Crippen molar-refractivity contribution >= 4 is 57.8 Å². The first-order valence-electron chi connectivity index (χ1n) is 12.1. The van der Waals surface area contributed by atoms with Gasteiger partial charge in [0.2, 0.25) is 0 Å². The van der Waals surface area contributed by atoms with Crippen molar-refractivity contribution in [3.05, 3.63) is 58.9 Å². The van der Waals surface area contributed by atoms with Crippen molar-refractivity contribution in [2.45, 2.75) is 27.7 Å². The fourth-order valence-corrected chi connectivity index (χ4v) is 3.49. The van der Waals surface area contributed by atoms with Crippen molar-refractivity contribution in [2.75, 3.05) is 26.4 Å². The van der Waals surface area contributed by atoms with Gasteiger partial charge in [0.15, 0.2) is 0 Å². The molecule has 198 valence electrons. The average Bonchev–Trinajstić information content (AvgIpc) is 2.90. The second-order valence-corrected chi connectivity index (χ2v) is 7.68. The van der Waals surface area contributed by atoms with Crippen molar-refractivity contribution in [1.82, 2.24) is 9.97 Å². The number of pyridine rings is 2. The second kappa shape index (κ2) is 13.1. The summed E-state index contributed by atoms with van der Waals surface area (Å²) in [7, 11) is 0. The number of hydrogen-bond donors (Lipinski definition) is 0. The Labute approximate surface area is 219 Å². The minimum atomic E-state index is -0.818. The Balaban J connectivity index is 2.16. The molecule has 0 aliphatic carbocycles. The molecular formula is C28H28N2O8. The summed E-state index contributed by atoms with van der Waals surface area (Å²) >= 11 is 0. The highest BCUT2D eigenvalue weighted by Gasteiger charge is 2.22. The summed E-state index contributed by atoms with van der Waals surface area (Å²) in [4.78, 5) is 58.7. The third-order valence-electron chi connectivity index (χ3n) is 5.13. The first-order chi connectivity index (χ1) is 18.3. The van der Waals surface area contributed by atoms with Gasteiger partial charge >= 0.3 is 23.9 Å². The summed E-state index contributed by atoms with van der Waals surface area (Å²) in [6, 6.07) is 10.6. The molecule has 1 aromatic carbocycles. The number of benzene rings is 1. The van der Waals surface area contributed by atoms with Crippen molar-refractivity contribution in [3.8, 4) is 0 Å². The van der Waals surface area contributed by atoms with Crippen molar-refractivity contribution < 1.29 is 38.1 Å². The molecule has 0 aliphatic rings. The van der Waals surface area contributed by atoms with E-state index in [2.05, 4.69) is 9.97 Å². The molecular weight excluding hydrogens is 492 g/mol. The van der Waals surface area contributed by atoms with Crippen LogP contribution < -0.4 is 0 Å². The van der Waals surface area contributed by atoms with Gasteiger partial charge in [-0.2, -0.15) is 0 Å². The number of aromatic nitrogens is 2. The fraction of sp³-hybridized carbons (Fsp3) is 0.286. The molecule has 10 nitrogen and oxygen atoms in total. The second-order valence-electron chi connectivity index (χ2n) is 7.68. The Bertz CT molecular complexity index is 1290. The van der Waals surface area contributed by atoms with Gasteiger partial charge in [-0.3, -0.25) is 0 Å². The van der Waals surface area contributed by atoms with E-state index in [9.17, 15) is 19.2 Å². The van der Waals surface area contributed by atoms with Crippen LogP contribution in [0.15, 0.2) is 47.5 Å². The summed E-state index contributed by atoms with van der Waals surface area (Å²) in [5.41, 5.74) is 1.00. The Morgan fingerprint density at radius 3 is 1.13 bits per heavy atom. The molecule has 0 fully saturated rings. The van der Waals surface area contributed by atoms with Gasteiger partial charge in [-0.05, 0) is 52.0 Å². The van der Waals surface area contributed by atoms with Crippen LogP contribution in [0.2, 0.25) is 0 Å². The zero-order chi connectivity index (χ0) is 27.7. The molecule has 2 heterocycles. The van der Waals surface area contributed by atoms with Gasteiger partial charge in [-0.1, -0.05) is 24.3 Å². The van der Waals surface area contributed by atoms with Crippen molar-refractivity contribution in [3.63, 3.8) is 0 Å². The minimum Gasteiger partial charge on any atom is -0.462 e. The van der Waals surface area contributed by atoms with E-state index >= 15 is 0 Å². The molecule has 0 N–H and O–H groups in total. The number of ether oxygens (including phenoxy) is 4. The van der Waals surface area contributed by atoms with Crippen LogP contribution in [0.1, 0.15) is 39.1 Å². The maximum absolute atomic E-state index is 12.4. The molecule has 0 radical (unpaired) electrons. The number of hydrogen-bond acceptors (Lipinski definition) is 10. The van der Waals surface area contributed by atoms with Gasteiger partial charge in [0.25, 0.3) is 0 Å². The van der Waals surface area contributed by atoms with Crippen LogP contribution in [-0.2, 0) is 38.1 Å². The lowest BCUT2D eigenvalue weighted by atomic mass is 10.1. The number of carbonyl (C=O) groups excluding carboxylic acids is 4. The van der Waals surface area contributed by atoms with Crippen LogP contribution in [0.3, 0.4) is 0 Å². The standard InChI is InChI=1S/C28H28N2O8/c1-5-35-25(31)21(26(32)36-6-2)15-19-13-11-17-9-10-18-12-14-20(30-24(18)23(17)29-19)16-22(27(33)37-7-3)28(34)38-8-4/h9-16H,5-8H2,1-4H3. The summed E-state index contributed by atoms with van der Waals surface area (Å²) in [6.45, 7) is 6.89. The molecule has 3 rings (SSSR count). The zero-order valence-electron chi connectivity index (χ0n) is 21.6. The van der Waals surface area contributed by atoms with Crippen LogP contribution in [0, 0.1) is 0 Å². The first kappa shape index (κ1) is 28.0. The highest BCUT2D eigenvalue weighted by molar-refractivity contribution is 6.18. The largest absolute Gasteiger partial charge is 0.462 e. The highest BCUT2D eigenvalue weighted by Crippen LogP contribution is 2.25. The number of carbonyl (C=O) groups is 4. The van der Waals surface area contributed by atoms with Crippen LogP contribution in [0.25, 0.3) is 34.0 Å². The molecule has 0 saturated carbocycles. The lowest BCUT2D eigenvalue weighted by Gasteiger charge is -2.08. The average molecular weight is 521 g/mol. The number of rotatable bonds is 10. The van der Waals surface area contributed by atoms with E-state index in [1.165, 1.54) is 12.2 Å². The molecule has 0 saturated heterocycles. The monoisotopic (exact) mass is 520 g/mol. The van der Waals surface area contributed by atoms with Crippen molar-refractivity contribution in [2.24, 2.45) is 0 Å². The molecule has 0 unspecified atom stereocenters. The lowest BCUT2D eigenvalue weighted by Crippen LogP contribution is -2.18. The predicted octanol–water partition coefficient (Wildman–Crippen LogP) is 3.80. The van der Waals surface area contributed by atoms with Gasteiger partial charge in [-0.15, -0.1) is 0 Å². The van der Waals surface area contributed by atoms with E-state index in [4.69, 9.17) is 18.9 Å². The zero-order valence-corrected chi connectivity index (χ0v) is 21.6. The normalized spacial score (nSPS) is 10.4. The summed E-state index contributed by atoms with van der Waals surface area (Å²) in [5, 5.41) is 1.49. The summed E-state index contributed by atoms with van der Waals surface area (Å²) in [6.07, 6.45) is 2.61. The molecule has 0 aliphatic heterocycles. The quantitative estimate of drug-likeness (QED) is 0.0971. The molecule has 0 atom stereocenters. The minimum absolute atomic E-state index is 0.0885. The fourth-order valence-electron chi connectivity index (χ4n) is 3.49. The van der Waals surface area contributed by atoms with E-state index in [1.54, 1.807) is 52.0 Å². The van der Waals surface area contributed by atoms with Crippen LogP contribution in [-0.4, -0.2) is 60.3 Å². The Morgan fingerprint density at radius 1 is 0.553 bits per heavy atom. The predicted molar refractivity (Wildman–Crippen MR) is 140 cm³/mol. The highest BCUT2D eigenvalue weighted by atomic mass is 16.6. The van der Waals surface area contributed by atoms with Gasteiger partial charge in [0.05, 0.1) is 48.8 Å². The number of esters is 4. The molecule has 2 aromatic heterocycles. The molecule has 10 heteroatoms. The first-order valence-corrected chi connectivity index (χ1v) is 12.1. The Morgan fingerprint density at radius 2 is 0.842 bits per heavy atom. The molecule has 3 aromatic rings. The maximum Gasteiger partial charge on any atom is 0.345 e. The van der Waals surface area contributed by atoms with Gasteiger partial charge in [0, 0.05) is 10.8 Å². The van der Waals surface area contributed by atoms with Crippen LogP contribution in [0.5, 0.6) is 0 Å². The molecule has 38 heavy (non-hydrogen) atoms. The third kappa shape index (κ3) is 6.58. The Hall–Kier alpha value is -4.60. The number of nitrogens with zero attached hydrogens (tertiary/aromatic N) is 2. The van der Waals surface area contributed by atoms with Gasteiger partial charge in [-0.25, -0.2) is 29.1 Å². The summed E-state index contributed by atoms with van der Waals surface area (Å²) < 4.78 is 20.0. The summed E-state index contributed by atoms with van der Waals surface area (Å²) in [5.74, 6) is -3.27.